The van der Waals surface area contributed by atoms with Gasteiger partial charge in [-0.05, 0) is 37.0 Å². The van der Waals surface area contributed by atoms with Crippen LogP contribution in [0.3, 0.4) is 0 Å². The Balaban J connectivity index is 2.10. The molecule has 1 aliphatic rings. The van der Waals surface area contributed by atoms with Crippen molar-refractivity contribution in [2.24, 2.45) is 0 Å². The molecule has 0 saturated heterocycles. The molecule has 3 heteroatoms. The molecule has 1 fully saturated rings. The summed E-state index contributed by atoms with van der Waals surface area (Å²) < 4.78 is 0. The van der Waals surface area contributed by atoms with E-state index in [1.807, 2.05) is 29.2 Å². The lowest BCUT2D eigenvalue weighted by Crippen LogP contribution is -2.33. The number of hydrogen-bond acceptors (Lipinski definition) is 1. The summed E-state index contributed by atoms with van der Waals surface area (Å²) >= 11 is 3.41. The smallest absolute Gasteiger partial charge is 0.254 e. The lowest BCUT2D eigenvalue weighted by Gasteiger charge is -2.21. The van der Waals surface area contributed by atoms with Crippen molar-refractivity contribution in [2.45, 2.75) is 37.6 Å². The standard InChI is InChI=1S/C14H18BrNO/c1-2-9-16(13-7-8-13)14(17)12-5-3-11(10-15)4-6-12/h3-6,13H,2,7-10H2,1H3. The predicted molar refractivity (Wildman–Crippen MR) is 73.4 cm³/mol. The average Bonchev–Trinajstić information content (AvgIpc) is 3.19. The second kappa shape index (κ2) is 5.67. The summed E-state index contributed by atoms with van der Waals surface area (Å²) in [6, 6.07) is 8.39. The maximum absolute atomic E-state index is 12.3. The van der Waals surface area contributed by atoms with E-state index in [0.717, 1.165) is 23.9 Å². The Labute approximate surface area is 111 Å². The van der Waals surface area contributed by atoms with Gasteiger partial charge in [0.1, 0.15) is 0 Å². The van der Waals surface area contributed by atoms with Gasteiger partial charge in [-0.25, -0.2) is 0 Å². The van der Waals surface area contributed by atoms with Crippen LogP contribution in [-0.4, -0.2) is 23.4 Å². The highest BCUT2D eigenvalue weighted by atomic mass is 79.9. The summed E-state index contributed by atoms with van der Waals surface area (Å²) in [5.41, 5.74) is 2.02. The first-order chi connectivity index (χ1) is 8.26. The van der Waals surface area contributed by atoms with E-state index in [4.69, 9.17) is 0 Å². The van der Waals surface area contributed by atoms with Gasteiger partial charge < -0.3 is 4.90 Å². The van der Waals surface area contributed by atoms with E-state index in [1.165, 1.54) is 18.4 Å². The molecule has 0 atom stereocenters. The van der Waals surface area contributed by atoms with Gasteiger partial charge in [-0.3, -0.25) is 4.79 Å². The zero-order valence-electron chi connectivity index (χ0n) is 10.2. The Morgan fingerprint density at radius 1 is 1.35 bits per heavy atom. The van der Waals surface area contributed by atoms with Gasteiger partial charge in [-0.15, -0.1) is 0 Å². The summed E-state index contributed by atoms with van der Waals surface area (Å²) in [5.74, 6) is 0.190. The second-order valence-electron chi connectivity index (χ2n) is 4.56. The molecule has 92 valence electrons. The van der Waals surface area contributed by atoms with Crippen LogP contribution in [0.5, 0.6) is 0 Å². The number of carbonyl (C=O) groups excluding carboxylic acids is 1. The van der Waals surface area contributed by atoms with E-state index in [9.17, 15) is 4.79 Å². The van der Waals surface area contributed by atoms with Gasteiger partial charge in [0, 0.05) is 23.5 Å². The van der Waals surface area contributed by atoms with Gasteiger partial charge in [-0.1, -0.05) is 35.0 Å². The molecule has 1 aliphatic carbocycles. The molecule has 0 N–H and O–H groups in total. The van der Waals surface area contributed by atoms with Gasteiger partial charge >= 0.3 is 0 Å². The van der Waals surface area contributed by atoms with Crippen LogP contribution < -0.4 is 0 Å². The predicted octanol–water partition coefficient (Wildman–Crippen LogP) is 3.60. The van der Waals surface area contributed by atoms with Crippen molar-refractivity contribution in [3.8, 4) is 0 Å². The number of rotatable bonds is 5. The molecule has 0 aromatic heterocycles. The number of halogens is 1. The number of nitrogens with zero attached hydrogens (tertiary/aromatic N) is 1. The summed E-state index contributed by atoms with van der Waals surface area (Å²) in [7, 11) is 0. The minimum atomic E-state index is 0.190. The molecular formula is C14H18BrNO. The molecule has 0 radical (unpaired) electrons. The topological polar surface area (TPSA) is 20.3 Å². The highest BCUT2D eigenvalue weighted by Crippen LogP contribution is 2.28. The van der Waals surface area contributed by atoms with Gasteiger partial charge in [0.15, 0.2) is 0 Å². The third-order valence-corrected chi connectivity index (χ3v) is 3.72. The Morgan fingerprint density at radius 3 is 2.47 bits per heavy atom. The fourth-order valence-corrected chi connectivity index (χ4v) is 2.35. The SMILES string of the molecule is CCCN(C(=O)c1ccc(CBr)cc1)C1CC1. The van der Waals surface area contributed by atoms with E-state index < -0.39 is 0 Å². The van der Waals surface area contributed by atoms with Gasteiger partial charge in [0.2, 0.25) is 0 Å². The molecule has 0 spiro atoms. The quantitative estimate of drug-likeness (QED) is 0.760. The van der Waals surface area contributed by atoms with E-state index in [0.29, 0.717) is 6.04 Å². The molecule has 2 rings (SSSR count). The first-order valence-corrected chi connectivity index (χ1v) is 7.34. The third-order valence-electron chi connectivity index (χ3n) is 3.07. The van der Waals surface area contributed by atoms with Gasteiger partial charge in [-0.2, -0.15) is 0 Å². The van der Waals surface area contributed by atoms with Crippen LogP contribution in [0.1, 0.15) is 42.1 Å². The van der Waals surface area contributed by atoms with Crippen molar-refractivity contribution in [1.82, 2.24) is 4.90 Å². The van der Waals surface area contributed by atoms with Crippen molar-refractivity contribution in [3.05, 3.63) is 35.4 Å². The molecule has 17 heavy (non-hydrogen) atoms. The molecule has 2 nitrogen and oxygen atoms in total. The zero-order chi connectivity index (χ0) is 12.3. The average molecular weight is 296 g/mol. The lowest BCUT2D eigenvalue weighted by atomic mass is 10.1. The van der Waals surface area contributed by atoms with Gasteiger partial charge in [0.25, 0.3) is 5.91 Å². The molecule has 1 aromatic rings. The molecule has 0 unspecified atom stereocenters. The summed E-state index contributed by atoms with van der Waals surface area (Å²) in [5, 5.41) is 0.836. The highest BCUT2D eigenvalue weighted by molar-refractivity contribution is 9.08. The van der Waals surface area contributed by atoms with Crippen LogP contribution in [0.2, 0.25) is 0 Å². The van der Waals surface area contributed by atoms with Crippen LogP contribution in [0.25, 0.3) is 0 Å². The Morgan fingerprint density at radius 2 is 2.00 bits per heavy atom. The van der Waals surface area contributed by atoms with E-state index in [1.54, 1.807) is 0 Å². The van der Waals surface area contributed by atoms with Crippen molar-refractivity contribution in [2.75, 3.05) is 6.54 Å². The third kappa shape index (κ3) is 3.09. The number of amides is 1. The molecule has 0 heterocycles. The minimum absolute atomic E-state index is 0.190. The molecule has 1 amide bonds. The van der Waals surface area contributed by atoms with Crippen LogP contribution in [0.15, 0.2) is 24.3 Å². The Kier molecular flexibility index (Phi) is 4.21. The summed E-state index contributed by atoms with van der Waals surface area (Å²) in [6.45, 7) is 3.00. The second-order valence-corrected chi connectivity index (χ2v) is 5.12. The van der Waals surface area contributed by atoms with Crippen LogP contribution >= 0.6 is 15.9 Å². The molecular weight excluding hydrogens is 278 g/mol. The fourth-order valence-electron chi connectivity index (χ4n) is 1.98. The lowest BCUT2D eigenvalue weighted by molar-refractivity contribution is 0.0743. The molecule has 0 bridgehead atoms. The van der Waals surface area contributed by atoms with Crippen LogP contribution in [0.4, 0.5) is 0 Å². The van der Waals surface area contributed by atoms with Crippen molar-refractivity contribution in [3.63, 3.8) is 0 Å². The maximum atomic E-state index is 12.3. The number of carbonyl (C=O) groups is 1. The number of hydrogen-bond donors (Lipinski definition) is 0. The maximum Gasteiger partial charge on any atom is 0.254 e. The van der Waals surface area contributed by atoms with E-state index in [2.05, 4.69) is 22.9 Å². The molecule has 0 aliphatic heterocycles. The van der Waals surface area contributed by atoms with Crippen molar-refractivity contribution in [1.29, 1.82) is 0 Å². The van der Waals surface area contributed by atoms with Crippen LogP contribution in [-0.2, 0) is 5.33 Å². The fraction of sp³-hybridized carbons (Fsp3) is 0.500. The normalized spacial score (nSPS) is 14.7. The van der Waals surface area contributed by atoms with E-state index >= 15 is 0 Å². The molecule has 1 aromatic carbocycles. The monoisotopic (exact) mass is 295 g/mol. The van der Waals surface area contributed by atoms with Crippen molar-refractivity contribution < 1.29 is 4.79 Å². The zero-order valence-corrected chi connectivity index (χ0v) is 11.7. The Bertz CT molecular complexity index is 384. The molecule has 1 saturated carbocycles. The van der Waals surface area contributed by atoms with Crippen LogP contribution in [0, 0.1) is 0 Å². The van der Waals surface area contributed by atoms with E-state index in [-0.39, 0.29) is 5.91 Å². The largest absolute Gasteiger partial charge is 0.336 e. The van der Waals surface area contributed by atoms with Gasteiger partial charge in [0.05, 0.1) is 0 Å². The first kappa shape index (κ1) is 12.6. The number of benzene rings is 1. The minimum Gasteiger partial charge on any atom is -0.336 e. The Hall–Kier alpha value is -0.830. The summed E-state index contributed by atoms with van der Waals surface area (Å²) in [4.78, 5) is 14.4. The highest BCUT2D eigenvalue weighted by Gasteiger charge is 2.32. The number of alkyl halides is 1. The van der Waals surface area contributed by atoms with Crippen molar-refractivity contribution >= 4 is 21.8 Å². The first-order valence-electron chi connectivity index (χ1n) is 6.22. The summed E-state index contributed by atoms with van der Waals surface area (Å²) in [6.07, 6.45) is 3.37.